The molecule has 0 atom stereocenters. The Hall–Kier alpha value is -3.09. The van der Waals surface area contributed by atoms with Gasteiger partial charge in [-0.2, -0.15) is 9.78 Å². The third-order valence-electron chi connectivity index (χ3n) is 5.64. The van der Waals surface area contributed by atoms with E-state index in [9.17, 15) is 14.0 Å². The summed E-state index contributed by atoms with van der Waals surface area (Å²) in [5.74, 6) is 0.270. The van der Waals surface area contributed by atoms with Crippen LogP contribution in [0.3, 0.4) is 0 Å². The summed E-state index contributed by atoms with van der Waals surface area (Å²) in [6, 6.07) is 12.4. The van der Waals surface area contributed by atoms with Gasteiger partial charge < -0.3 is 14.8 Å². The van der Waals surface area contributed by atoms with Gasteiger partial charge in [0.2, 0.25) is 0 Å². The molecule has 4 rings (SSSR count). The molecule has 0 saturated carbocycles. The molecule has 12 heteroatoms. The van der Waals surface area contributed by atoms with Crippen molar-refractivity contribution in [1.29, 1.82) is 0 Å². The van der Waals surface area contributed by atoms with Crippen molar-refractivity contribution in [2.45, 2.75) is 26.2 Å². The first kappa shape index (κ1) is 29.9. The van der Waals surface area contributed by atoms with E-state index in [0.717, 1.165) is 4.47 Å². The topological polar surface area (TPSA) is 94.8 Å². The number of rotatable bonds is 7. The summed E-state index contributed by atoms with van der Waals surface area (Å²) < 4.78 is 27.5. The lowest BCUT2D eigenvalue weighted by atomic mass is 9.95. The van der Waals surface area contributed by atoms with Crippen molar-refractivity contribution in [2.24, 2.45) is 5.10 Å². The van der Waals surface area contributed by atoms with Crippen LogP contribution in [0.2, 0.25) is 0 Å². The number of nitrogens with zero attached hydrogens (tertiary/aromatic N) is 3. The first-order valence-corrected chi connectivity index (χ1v) is 14.3. The maximum absolute atomic E-state index is 13.5. The van der Waals surface area contributed by atoms with Crippen LogP contribution >= 0.6 is 47.8 Å². The highest BCUT2D eigenvalue weighted by Crippen LogP contribution is 2.42. The number of halogens is 4. The van der Waals surface area contributed by atoms with Crippen molar-refractivity contribution >= 4 is 76.5 Å². The fourth-order valence-corrected chi connectivity index (χ4v) is 5.01. The maximum atomic E-state index is 13.5. The van der Waals surface area contributed by atoms with E-state index in [-0.39, 0.29) is 17.9 Å². The largest absolute Gasteiger partial charge is 0.493 e. The summed E-state index contributed by atoms with van der Waals surface area (Å²) in [6.45, 7) is 5.55. The minimum absolute atomic E-state index is 0.283. The SMILES string of the molecule is COc1cc(C=Nn2c(C(C)(C)C)nc3ccc(Br)cc3c2=O)c(Br)c(Br)c1OCC(=O)Nc1ccc(F)cc1. The summed E-state index contributed by atoms with van der Waals surface area (Å²) in [4.78, 5) is 30.6. The van der Waals surface area contributed by atoms with Gasteiger partial charge in [-0.25, -0.2) is 9.37 Å². The number of aromatic nitrogens is 2. The summed E-state index contributed by atoms with van der Waals surface area (Å²) in [6.07, 6.45) is 1.52. The maximum Gasteiger partial charge on any atom is 0.282 e. The molecule has 1 amide bonds. The average molecular weight is 739 g/mol. The van der Waals surface area contributed by atoms with Gasteiger partial charge in [0, 0.05) is 25.6 Å². The third kappa shape index (κ3) is 6.61. The molecule has 4 aromatic rings. The van der Waals surface area contributed by atoms with Crippen molar-refractivity contribution in [2.75, 3.05) is 19.0 Å². The standard InChI is InChI=1S/C28H24Br3FN4O4/c1-28(2,3)27-35-20-10-5-16(29)12-19(20)26(38)36(27)33-13-15-11-21(39-4)25(24(31)23(15)30)40-14-22(37)34-18-8-6-17(32)7-9-18/h5-13H,14H2,1-4H3,(H,34,37). The van der Waals surface area contributed by atoms with E-state index >= 15 is 0 Å². The number of methoxy groups -OCH3 is 1. The van der Waals surface area contributed by atoms with E-state index in [1.165, 1.54) is 42.3 Å². The number of carbonyl (C=O) groups excluding carboxylic acids is 1. The molecule has 0 aliphatic carbocycles. The number of ether oxygens (including phenoxy) is 2. The number of carbonyl (C=O) groups is 1. The molecule has 0 radical (unpaired) electrons. The number of benzene rings is 3. The lowest BCUT2D eigenvalue weighted by Gasteiger charge is -2.21. The van der Waals surface area contributed by atoms with Crippen LogP contribution in [0.15, 0.2) is 71.8 Å². The summed E-state index contributed by atoms with van der Waals surface area (Å²) >= 11 is 10.5. The number of fused-ring (bicyclic) bond motifs is 1. The first-order valence-electron chi connectivity index (χ1n) is 11.9. The van der Waals surface area contributed by atoms with E-state index < -0.39 is 17.1 Å². The Labute approximate surface area is 255 Å². The van der Waals surface area contributed by atoms with Gasteiger partial charge in [0.25, 0.3) is 11.5 Å². The smallest absolute Gasteiger partial charge is 0.282 e. The third-order valence-corrected chi connectivity index (χ3v) is 8.28. The van der Waals surface area contributed by atoms with Gasteiger partial charge in [0.1, 0.15) is 11.6 Å². The Bertz CT molecular complexity index is 1680. The summed E-state index contributed by atoms with van der Waals surface area (Å²) in [5, 5.41) is 7.59. The average Bonchev–Trinajstić information content (AvgIpc) is 2.90. The molecule has 0 bridgehead atoms. The van der Waals surface area contributed by atoms with Crippen molar-refractivity contribution in [3.63, 3.8) is 0 Å². The second-order valence-electron chi connectivity index (χ2n) is 9.68. The molecule has 0 fully saturated rings. The van der Waals surface area contributed by atoms with Crippen LogP contribution in [0.5, 0.6) is 11.5 Å². The molecule has 3 aromatic carbocycles. The monoisotopic (exact) mass is 736 g/mol. The molecular weight excluding hydrogens is 715 g/mol. The molecule has 0 aliphatic heterocycles. The summed E-state index contributed by atoms with van der Waals surface area (Å²) in [5.41, 5.74) is 0.823. The zero-order valence-corrected chi connectivity index (χ0v) is 26.6. The van der Waals surface area contributed by atoms with Crippen LogP contribution in [0.4, 0.5) is 10.1 Å². The Balaban J connectivity index is 1.66. The Morgan fingerprint density at radius 3 is 2.45 bits per heavy atom. The normalized spacial score (nSPS) is 11.7. The second-order valence-corrected chi connectivity index (χ2v) is 12.2. The fourth-order valence-electron chi connectivity index (χ4n) is 3.71. The van der Waals surface area contributed by atoms with Crippen molar-refractivity contribution in [1.82, 2.24) is 9.66 Å². The fraction of sp³-hybridized carbons (Fsp3) is 0.214. The number of nitrogens with one attached hydrogen (secondary N) is 1. The predicted octanol–water partition coefficient (Wildman–Crippen LogP) is 7.03. The minimum Gasteiger partial charge on any atom is -0.493 e. The van der Waals surface area contributed by atoms with Gasteiger partial charge in [-0.05, 0) is 80.4 Å². The van der Waals surface area contributed by atoms with Crippen LogP contribution in [0.1, 0.15) is 32.2 Å². The van der Waals surface area contributed by atoms with Crippen molar-refractivity contribution in [3.8, 4) is 11.5 Å². The van der Waals surface area contributed by atoms with E-state index in [1.807, 2.05) is 26.8 Å². The highest BCUT2D eigenvalue weighted by Gasteiger charge is 2.23. The minimum atomic E-state index is -0.473. The number of amides is 1. The lowest BCUT2D eigenvalue weighted by molar-refractivity contribution is -0.118. The van der Waals surface area contributed by atoms with Crippen LogP contribution in [0.25, 0.3) is 10.9 Å². The summed E-state index contributed by atoms with van der Waals surface area (Å²) in [7, 11) is 1.47. The highest BCUT2D eigenvalue weighted by molar-refractivity contribution is 9.13. The zero-order chi connectivity index (χ0) is 29.2. The van der Waals surface area contributed by atoms with Gasteiger partial charge in [-0.1, -0.05) is 36.7 Å². The Kier molecular flexibility index (Phi) is 9.11. The molecule has 1 N–H and O–H groups in total. The molecule has 0 unspecified atom stereocenters. The van der Waals surface area contributed by atoms with Gasteiger partial charge in [0.05, 0.1) is 28.7 Å². The molecule has 1 heterocycles. The number of hydrogen-bond donors (Lipinski definition) is 1. The van der Waals surface area contributed by atoms with Gasteiger partial charge in [-0.3, -0.25) is 9.59 Å². The molecule has 208 valence electrons. The molecule has 1 aromatic heterocycles. The quantitative estimate of drug-likeness (QED) is 0.206. The van der Waals surface area contributed by atoms with Crippen LogP contribution in [0, 0.1) is 5.82 Å². The Morgan fingerprint density at radius 1 is 1.10 bits per heavy atom. The molecule has 0 aliphatic rings. The van der Waals surface area contributed by atoms with E-state index in [4.69, 9.17) is 14.5 Å². The van der Waals surface area contributed by atoms with Gasteiger partial charge in [0.15, 0.2) is 18.1 Å². The molecule has 8 nitrogen and oxygen atoms in total. The van der Waals surface area contributed by atoms with E-state index in [0.29, 0.717) is 42.7 Å². The van der Waals surface area contributed by atoms with E-state index in [1.54, 1.807) is 18.2 Å². The van der Waals surface area contributed by atoms with Crippen LogP contribution < -0.4 is 20.3 Å². The van der Waals surface area contributed by atoms with Crippen LogP contribution in [-0.4, -0.2) is 35.5 Å². The first-order chi connectivity index (χ1) is 18.9. The zero-order valence-electron chi connectivity index (χ0n) is 21.9. The Morgan fingerprint density at radius 2 is 1.80 bits per heavy atom. The number of anilines is 1. The molecule has 0 saturated heterocycles. The van der Waals surface area contributed by atoms with Gasteiger partial charge in [-0.15, -0.1) is 0 Å². The van der Waals surface area contributed by atoms with Crippen molar-refractivity contribution < 1.29 is 18.7 Å². The van der Waals surface area contributed by atoms with Crippen LogP contribution in [-0.2, 0) is 10.2 Å². The molecule has 0 spiro atoms. The lowest BCUT2D eigenvalue weighted by Crippen LogP contribution is -2.29. The van der Waals surface area contributed by atoms with E-state index in [2.05, 4.69) is 58.2 Å². The van der Waals surface area contributed by atoms with Crippen molar-refractivity contribution in [3.05, 3.63) is 89.5 Å². The van der Waals surface area contributed by atoms with Gasteiger partial charge >= 0.3 is 0 Å². The predicted molar refractivity (Wildman–Crippen MR) is 164 cm³/mol. The second kappa shape index (κ2) is 12.2. The molecular formula is C28H24Br3FN4O4. The molecule has 40 heavy (non-hydrogen) atoms. The number of hydrogen-bond acceptors (Lipinski definition) is 6. The highest BCUT2D eigenvalue weighted by atomic mass is 79.9.